The molecular formula is C16H23ClN2O3. The molecule has 1 atom stereocenters. The summed E-state index contributed by atoms with van der Waals surface area (Å²) in [6.45, 7) is 7.04. The van der Waals surface area contributed by atoms with Crippen molar-refractivity contribution in [2.24, 2.45) is 0 Å². The number of ether oxygens (including phenoxy) is 2. The number of piperazine rings is 1. The number of methoxy groups -OCH3 is 1. The normalized spacial score (nSPS) is 18.0. The van der Waals surface area contributed by atoms with Crippen LogP contribution in [0.15, 0.2) is 24.3 Å². The predicted octanol–water partition coefficient (Wildman–Crippen LogP) is 1.90. The smallest absolute Gasteiger partial charge is 0.322 e. The lowest BCUT2D eigenvalue weighted by Crippen LogP contribution is -2.52. The molecule has 1 aliphatic rings. The average Bonchev–Trinajstić information content (AvgIpc) is 2.56. The molecule has 0 aromatic heterocycles. The van der Waals surface area contributed by atoms with Gasteiger partial charge in [-0.3, -0.25) is 14.6 Å². The summed E-state index contributed by atoms with van der Waals surface area (Å²) in [5, 5.41) is 0.711. The second kappa shape index (κ2) is 8.36. The van der Waals surface area contributed by atoms with E-state index in [-0.39, 0.29) is 12.0 Å². The third kappa shape index (κ3) is 4.87. The number of hydrogen-bond donors (Lipinski definition) is 0. The van der Waals surface area contributed by atoms with Gasteiger partial charge in [0.15, 0.2) is 0 Å². The number of esters is 1. The summed E-state index contributed by atoms with van der Waals surface area (Å²) in [7, 11) is 1.43. The summed E-state index contributed by atoms with van der Waals surface area (Å²) in [6.07, 6.45) is 0. The Hall–Kier alpha value is -1.30. The lowest BCUT2D eigenvalue weighted by molar-refractivity contribution is -0.147. The predicted molar refractivity (Wildman–Crippen MR) is 86.4 cm³/mol. The summed E-state index contributed by atoms with van der Waals surface area (Å²) in [6, 6.07) is 7.22. The summed E-state index contributed by atoms with van der Waals surface area (Å²) in [4.78, 5) is 16.0. The molecule has 5 nitrogen and oxygen atoms in total. The Morgan fingerprint density at radius 3 is 2.45 bits per heavy atom. The third-order valence-corrected chi connectivity index (χ3v) is 4.24. The highest BCUT2D eigenvalue weighted by Gasteiger charge is 2.25. The van der Waals surface area contributed by atoms with E-state index in [9.17, 15) is 4.79 Å². The van der Waals surface area contributed by atoms with E-state index in [2.05, 4.69) is 9.80 Å². The van der Waals surface area contributed by atoms with Gasteiger partial charge in [-0.05, 0) is 31.2 Å². The van der Waals surface area contributed by atoms with Crippen molar-refractivity contribution in [2.75, 3.05) is 46.4 Å². The first-order valence-electron chi connectivity index (χ1n) is 7.53. The van der Waals surface area contributed by atoms with Gasteiger partial charge in [0.05, 0.1) is 7.11 Å². The van der Waals surface area contributed by atoms with Crippen molar-refractivity contribution in [3.63, 3.8) is 0 Å². The molecule has 1 heterocycles. The van der Waals surface area contributed by atoms with Crippen molar-refractivity contribution in [1.82, 2.24) is 9.80 Å². The molecule has 1 fully saturated rings. The van der Waals surface area contributed by atoms with Crippen LogP contribution in [0.1, 0.15) is 6.92 Å². The van der Waals surface area contributed by atoms with Gasteiger partial charge >= 0.3 is 5.97 Å². The van der Waals surface area contributed by atoms with Crippen LogP contribution in [-0.2, 0) is 9.53 Å². The van der Waals surface area contributed by atoms with Gasteiger partial charge in [0.2, 0.25) is 0 Å². The van der Waals surface area contributed by atoms with Crippen LogP contribution in [0.4, 0.5) is 0 Å². The summed E-state index contributed by atoms with van der Waals surface area (Å²) in [5.41, 5.74) is 0. The Kier molecular flexibility index (Phi) is 6.49. The van der Waals surface area contributed by atoms with Gasteiger partial charge in [0.25, 0.3) is 0 Å². The largest absolute Gasteiger partial charge is 0.492 e. The molecule has 1 aliphatic heterocycles. The average molecular weight is 327 g/mol. The molecule has 0 amide bonds. The fraction of sp³-hybridized carbons (Fsp3) is 0.562. The van der Waals surface area contributed by atoms with E-state index >= 15 is 0 Å². The third-order valence-electron chi connectivity index (χ3n) is 3.99. The fourth-order valence-electron chi connectivity index (χ4n) is 2.52. The maximum atomic E-state index is 11.5. The van der Waals surface area contributed by atoms with Crippen LogP contribution in [0.25, 0.3) is 0 Å². The molecule has 0 N–H and O–H groups in total. The van der Waals surface area contributed by atoms with Crippen LogP contribution in [0, 0.1) is 0 Å². The molecule has 0 aliphatic carbocycles. The number of benzene rings is 1. The zero-order valence-electron chi connectivity index (χ0n) is 13.1. The zero-order valence-corrected chi connectivity index (χ0v) is 13.9. The van der Waals surface area contributed by atoms with Crippen LogP contribution in [0.5, 0.6) is 5.75 Å². The zero-order chi connectivity index (χ0) is 15.9. The molecule has 122 valence electrons. The van der Waals surface area contributed by atoms with Gasteiger partial charge in [-0.15, -0.1) is 0 Å². The maximum Gasteiger partial charge on any atom is 0.322 e. The number of rotatable bonds is 6. The second-order valence-electron chi connectivity index (χ2n) is 5.38. The first-order chi connectivity index (χ1) is 10.6. The monoisotopic (exact) mass is 326 g/mol. The maximum absolute atomic E-state index is 11.5. The lowest BCUT2D eigenvalue weighted by atomic mass is 10.2. The molecule has 0 bridgehead atoms. The SMILES string of the molecule is COC(=O)C(C)N1CCN(CCOc2ccc(Cl)cc2)CC1. The number of carbonyl (C=O) groups excluding carboxylic acids is 1. The van der Waals surface area contributed by atoms with E-state index < -0.39 is 0 Å². The molecule has 0 radical (unpaired) electrons. The van der Waals surface area contributed by atoms with E-state index in [1.54, 1.807) is 0 Å². The highest BCUT2D eigenvalue weighted by Crippen LogP contribution is 2.15. The Balaban J connectivity index is 1.67. The number of nitrogens with zero attached hydrogens (tertiary/aromatic N) is 2. The van der Waals surface area contributed by atoms with Crippen LogP contribution >= 0.6 is 11.6 Å². The first-order valence-corrected chi connectivity index (χ1v) is 7.90. The van der Waals surface area contributed by atoms with E-state index in [1.807, 2.05) is 31.2 Å². The van der Waals surface area contributed by atoms with Gasteiger partial charge in [0.1, 0.15) is 18.4 Å². The van der Waals surface area contributed by atoms with Crippen molar-refractivity contribution in [3.05, 3.63) is 29.3 Å². The minimum Gasteiger partial charge on any atom is -0.492 e. The molecular weight excluding hydrogens is 304 g/mol. The Morgan fingerprint density at radius 2 is 1.86 bits per heavy atom. The minimum absolute atomic E-state index is 0.167. The van der Waals surface area contributed by atoms with Crippen LogP contribution < -0.4 is 4.74 Å². The summed E-state index contributed by atoms with van der Waals surface area (Å²) in [5.74, 6) is 0.668. The molecule has 22 heavy (non-hydrogen) atoms. The Bertz CT molecular complexity index is 473. The van der Waals surface area contributed by atoms with Crippen LogP contribution in [-0.4, -0.2) is 68.3 Å². The van der Waals surface area contributed by atoms with E-state index in [0.29, 0.717) is 11.6 Å². The molecule has 1 unspecified atom stereocenters. The van der Waals surface area contributed by atoms with Crippen molar-refractivity contribution >= 4 is 17.6 Å². The quantitative estimate of drug-likeness (QED) is 0.747. The van der Waals surface area contributed by atoms with Crippen LogP contribution in [0.2, 0.25) is 5.02 Å². The van der Waals surface area contributed by atoms with Gasteiger partial charge in [0, 0.05) is 37.7 Å². The van der Waals surface area contributed by atoms with Crippen molar-refractivity contribution in [1.29, 1.82) is 0 Å². The molecule has 1 saturated heterocycles. The molecule has 0 spiro atoms. The lowest BCUT2D eigenvalue weighted by Gasteiger charge is -2.36. The molecule has 6 heteroatoms. The Morgan fingerprint density at radius 1 is 1.23 bits per heavy atom. The highest BCUT2D eigenvalue weighted by atomic mass is 35.5. The second-order valence-corrected chi connectivity index (χ2v) is 5.82. The van der Waals surface area contributed by atoms with Crippen molar-refractivity contribution < 1.29 is 14.3 Å². The van der Waals surface area contributed by atoms with Gasteiger partial charge in [-0.1, -0.05) is 11.6 Å². The molecule has 0 saturated carbocycles. The van der Waals surface area contributed by atoms with Crippen molar-refractivity contribution in [2.45, 2.75) is 13.0 Å². The number of carbonyl (C=O) groups is 1. The first kappa shape index (κ1) is 17.1. The Labute approximate surface area is 136 Å². The minimum atomic E-state index is -0.169. The summed E-state index contributed by atoms with van der Waals surface area (Å²) < 4.78 is 10.5. The highest BCUT2D eigenvalue weighted by molar-refractivity contribution is 6.30. The molecule has 1 aromatic carbocycles. The van der Waals surface area contributed by atoms with Gasteiger partial charge < -0.3 is 9.47 Å². The van der Waals surface area contributed by atoms with E-state index in [1.165, 1.54) is 7.11 Å². The summed E-state index contributed by atoms with van der Waals surface area (Å²) >= 11 is 5.84. The van der Waals surface area contributed by atoms with Gasteiger partial charge in [-0.2, -0.15) is 0 Å². The van der Waals surface area contributed by atoms with Crippen molar-refractivity contribution in [3.8, 4) is 5.75 Å². The molecule has 1 aromatic rings. The standard InChI is InChI=1S/C16H23ClN2O3/c1-13(16(20)21-2)19-9-7-18(8-10-19)11-12-22-15-5-3-14(17)4-6-15/h3-6,13H,7-12H2,1-2H3. The molecule has 2 rings (SSSR count). The van der Waals surface area contributed by atoms with Gasteiger partial charge in [-0.25, -0.2) is 0 Å². The van der Waals surface area contributed by atoms with Crippen LogP contribution in [0.3, 0.4) is 0 Å². The fourth-order valence-corrected chi connectivity index (χ4v) is 2.64. The topological polar surface area (TPSA) is 42.0 Å². The number of halogens is 1. The number of hydrogen-bond acceptors (Lipinski definition) is 5. The van der Waals surface area contributed by atoms with E-state index in [0.717, 1.165) is 38.5 Å². The van der Waals surface area contributed by atoms with E-state index in [4.69, 9.17) is 21.1 Å².